The van der Waals surface area contributed by atoms with Crippen LogP contribution in [0.5, 0.6) is 0 Å². The van der Waals surface area contributed by atoms with Crippen LogP contribution in [0.2, 0.25) is 0 Å². The highest BCUT2D eigenvalue weighted by atomic mass is 14.8. The van der Waals surface area contributed by atoms with Gasteiger partial charge < -0.3 is 5.73 Å². The average Bonchev–Trinajstić information content (AvgIpc) is 2.04. The van der Waals surface area contributed by atoms with Crippen molar-refractivity contribution in [2.45, 2.75) is 6.92 Å². The predicted octanol–water partition coefficient (Wildman–Crippen LogP) is 0.851. The molecule has 0 fully saturated rings. The zero-order valence-electron chi connectivity index (χ0n) is 6.70. The van der Waals surface area contributed by atoms with E-state index in [1.165, 1.54) is 6.21 Å². The monoisotopic (exact) mass is 160 g/mol. The third-order valence-corrected chi connectivity index (χ3v) is 0.896. The largest absolute Gasteiger partial charge is 0.388 e. The second-order valence-electron chi connectivity index (χ2n) is 2.09. The Kier molecular flexibility index (Phi) is 3.89. The van der Waals surface area contributed by atoms with Gasteiger partial charge >= 0.3 is 0 Å². The topological polar surface area (TPSA) is 86.0 Å². The summed E-state index contributed by atoms with van der Waals surface area (Å²) in [6.45, 7) is 5.26. The minimum atomic E-state index is -0.185. The van der Waals surface area contributed by atoms with Crippen LogP contribution >= 0.6 is 0 Å². The van der Waals surface area contributed by atoms with E-state index in [1.54, 1.807) is 19.1 Å². The minimum Gasteiger partial charge on any atom is -0.388 e. The van der Waals surface area contributed by atoms with Gasteiger partial charge in [-0.25, -0.2) is 4.99 Å². The molecule has 0 bridgehead atoms. The van der Waals surface area contributed by atoms with Gasteiger partial charge in [0.2, 0.25) is 0 Å². The van der Waals surface area contributed by atoms with Crippen LogP contribution in [0.1, 0.15) is 6.92 Å². The van der Waals surface area contributed by atoms with E-state index >= 15 is 0 Å². The Balaban J connectivity index is 4.78. The van der Waals surface area contributed by atoms with Crippen molar-refractivity contribution in [3.8, 4) is 12.1 Å². The van der Waals surface area contributed by atoms with Gasteiger partial charge in [0.15, 0.2) is 5.70 Å². The first-order valence-electron chi connectivity index (χ1n) is 3.11. The molecular formula is C8H8N4. The van der Waals surface area contributed by atoms with Crippen LogP contribution in [0.4, 0.5) is 0 Å². The van der Waals surface area contributed by atoms with E-state index in [0.29, 0.717) is 5.57 Å². The highest BCUT2D eigenvalue weighted by molar-refractivity contribution is 5.78. The fourth-order valence-corrected chi connectivity index (χ4v) is 0.386. The molecule has 60 valence electrons. The standard InChI is InChI=1S/C8H8N4/c1-6(2)5-12-8(4-10)7(11)3-9/h5H,1,11H2,2H3/b8-7-,12-5?. The molecule has 0 amide bonds. The molecule has 4 heteroatoms. The minimum absolute atomic E-state index is 0.0829. The van der Waals surface area contributed by atoms with Crippen LogP contribution in [0, 0.1) is 22.7 Å². The zero-order chi connectivity index (χ0) is 9.56. The summed E-state index contributed by atoms with van der Waals surface area (Å²) in [5, 5.41) is 16.8. The fraction of sp³-hybridized carbons (Fsp3) is 0.125. The van der Waals surface area contributed by atoms with E-state index in [-0.39, 0.29) is 11.4 Å². The van der Waals surface area contributed by atoms with Crippen LogP contribution in [0.25, 0.3) is 0 Å². The molecule has 0 saturated carbocycles. The van der Waals surface area contributed by atoms with E-state index in [4.69, 9.17) is 16.3 Å². The van der Waals surface area contributed by atoms with Gasteiger partial charge in [0, 0.05) is 6.21 Å². The Morgan fingerprint density at radius 2 is 2.08 bits per heavy atom. The van der Waals surface area contributed by atoms with E-state index in [0.717, 1.165) is 0 Å². The molecule has 0 atom stereocenters. The highest BCUT2D eigenvalue weighted by Crippen LogP contribution is 1.98. The van der Waals surface area contributed by atoms with Gasteiger partial charge in [-0.15, -0.1) is 0 Å². The Bertz CT molecular complexity index is 322. The first kappa shape index (κ1) is 9.93. The van der Waals surface area contributed by atoms with E-state index in [2.05, 4.69) is 11.6 Å². The van der Waals surface area contributed by atoms with Crippen molar-refractivity contribution in [2.75, 3.05) is 0 Å². The molecule has 0 radical (unpaired) electrons. The number of aliphatic imine (C=N–C) groups is 1. The molecule has 12 heavy (non-hydrogen) atoms. The lowest BCUT2D eigenvalue weighted by Gasteiger charge is -1.89. The van der Waals surface area contributed by atoms with Gasteiger partial charge in [-0.1, -0.05) is 6.58 Å². The normalized spacial score (nSPS) is 11.6. The lowest BCUT2D eigenvalue weighted by Crippen LogP contribution is -1.97. The molecule has 0 heterocycles. The second kappa shape index (κ2) is 4.70. The third kappa shape index (κ3) is 3.19. The molecule has 0 spiro atoms. The van der Waals surface area contributed by atoms with Gasteiger partial charge in [0.05, 0.1) is 0 Å². The van der Waals surface area contributed by atoms with Gasteiger partial charge in [-0.2, -0.15) is 10.5 Å². The number of allylic oxidation sites excluding steroid dienone is 3. The quantitative estimate of drug-likeness (QED) is 0.480. The van der Waals surface area contributed by atoms with Crippen molar-refractivity contribution in [1.82, 2.24) is 0 Å². The number of hydrogen-bond acceptors (Lipinski definition) is 4. The van der Waals surface area contributed by atoms with Crippen LogP contribution < -0.4 is 5.73 Å². The van der Waals surface area contributed by atoms with Crippen LogP contribution in [0.15, 0.2) is 28.5 Å². The lowest BCUT2D eigenvalue weighted by molar-refractivity contribution is 1.27. The summed E-state index contributed by atoms with van der Waals surface area (Å²) in [4.78, 5) is 3.66. The maximum Gasteiger partial charge on any atom is 0.174 e. The molecule has 0 saturated heterocycles. The van der Waals surface area contributed by atoms with Crippen molar-refractivity contribution < 1.29 is 0 Å². The molecule has 0 aromatic rings. The highest BCUT2D eigenvalue weighted by Gasteiger charge is 1.97. The maximum atomic E-state index is 8.46. The Labute approximate surface area is 70.9 Å². The number of nitrogens with zero attached hydrogens (tertiary/aromatic N) is 3. The lowest BCUT2D eigenvalue weighted by atomic mass is 10.3. The van der Waals surface area contributed by atoms with Crippen LogP contribution in [-0.2, 0) is 0 Å². The molecule has 0 rings (SSSR count). The molecule has 4 nitrogen and oxygen atoms in total. The second-order valence-corrected chi connectivity index (χ2v) is 2.09. The first-order valence-corrected chi connectivity index (χ1v) is 3.11. The van der Waals surface area contributed by atoms with Gasteiger partial charge in [0.25, 0.3) is 0 Å². The summed E-state index contributed by atoms with van der Waals surface area (Å²) in [5.41, 5.74) is 5.59. The maximum absolute atomic E-state index is 8.46. The first-order chi connectivity index (χ1) is 5.61. The van der Waals surface area contributed by atoms with Crippen molar-refractivity contribution >= 4 is 6.21 Å². The molecule has 0 aliphatic heterocycles. The van der Waals surface area contributed by atoms with Gasteiger partial charge in [-0.05, 0) is 12.5 Å². The molecule has 0 unspecified atom stereocenters. The summed E-state index contributed by atoms with van der Waals surface area (Å²) < 4.78 is 0. The van der Waals surface area contributed by atoms with E-state index < -0.39 is 0 Å². The molecule has 0 aliphatic carbocycles. The summed E-state index contributed by atoms with van der Waals surface area (Å²) in [5.74, 6) is 0. The summed E-state index contributed by atoms with van der Waals surface area (Å²) >= 11 is 0. The predicted molar refractivity (Wildman–Crippen MR) is 45.7 cm³/mol. The number of nitrogens with two attached hydrogens (primary N) is 1. The van der Waals surface area contributed by atoms with E-state index in [1.807, 2.05) is 0 Å². The SMILES string of the molecule is C=C(C)C=N/C(C#N)=C(\N)C#N. The zero-order valence-corrected chi connectivity index (χ0v) is 6.70. The van der Waals surface area contributed by atoms with Crippen molar-refractivity contribution in [3.63, 3.8) is 0 Å². The number of nitriles is 2. The summed E-state index contributed by atoms with van der Waals surface area (Å²) in [6, 6.07) is 3.33. The molecule has 0 aromatic carbocycles. The molecular weight excluding hydrogens is 152 g/mol. The van der Waals surface area contributed by atoms with Crippen LogP contribution in [0.3, 0.4) is 0 Å². The number of hydrogen-bond donors (Lipinski definition) is 1. The molecule has 0 aliphatic rings. The fourth-order valence-electron chi connectivity index (χ4n) is 0.386. The Hall–Kier alpha value is -2.07. The molecule has 0 aromatic heterocycles. The van der Waals surface area contributed by atoms with Crippen LogP contribution in [-0.4, -0.2) is 6.21 Å². The number of rotatable bonds is 2. The third-order valence-electron chi connectivity index (χ3n) is 0.896. The van der Waals surface area contributed by atoms with Crippen molar-refractivity contribution in [1.29, 1.82) is 10.5 Å². The summed E-state index contributed by atoms with van der Waals surface area (Å²) in [6.07, 6.45) is 1.38. The average molecular weight is 160 g/mol. The summed E-state index contributed by atoms with van der Waals surface area (Å²) in [7, 11) is 0. The van der Waals surface area contributed by atoms with Crippen molar-refractivity contribution in [3.05, 3.63) is 23.5 Å². The molecule has 2 N–H and O–H groups in total. The van der Waals surface area contributed by atoms with Gasteiger partial charge in [0.1, 0.15) is 17.8 Å². The smallest absolute Gasteiger partial charge is 0.174 e. The Morgan fingerprint density at radius 3 is 2.42 bits per heavy atom. The van der Waals surface area contributed by atoms with Crippen molar-refractivity contribution in [2.24, 2.45) is 10.7 Å². The van der Waals surface area contributed by atoms with E-state index in [9.17, 15) is 0 Å². The Morgan fingerprint density at radius 1 is 1.50 bits per heavy atom. The van der Waals surface area contributed by atoms with Gasteiger partial charge in [-0.3, -0.25) is 0 Å².